The van der Waals surface area contributed by atoms with Gasteiger partial charge in [0, 0.05) is 6.54 Å². The van der Waals surface area contributed by atoms with Gasteiger partial charge in [-0.3, -0.25) is 4.79 Å². The smallest absolute Gasteiger partial charge is 0.322 e. The lowest BCUT2D eigenvalue weighted by Crippen LogP contribution is -2.37. The Morgan fingerprint density at radius 1 is 1.00 bits per heavy atom. The number of aryl methyl sites for hydroxylation is 1. The number of carbonyl (C=O) groups excluding carboxylic acids is 1. The van der Waals surface area contributed by atoms with E-state index in [0.717, 1.165) is 18.4 Å². The highest BCUT2D eigenvalue weighted by Crippen LogP contribution is 2.07. The number of ether oxygens (including phenoxy) is 1. The number of methoxy groups -OCH3 is 1. The summed E-state index contributed by atoms with van der Waals surface area (Å²) in [5.74, 6) is -0.207. The van der Waals surface area contributed by atoms with Gasteiger partial charge in [-0.1, -0.05) is 60.7 Å². The molecule has 2 rings (SSSR count). The van der Waals surface area contributed by atoms with Crippen molar-refractivity contribution in [3.63, 3.8) is 0 Å². The average molecular weight is 283 g/mol. The van der Waals surface area contributed by atoms with Crippen LogP contribution in [0.25, 0.3) is 0 Å². The van der Waals surface area contributed by atoms with Gasteiger partial charge in [0.25, 0.3) is 0 Å². The Bertz CT molecular complexity index is 496. The highest BCUT2D eigenvalue weighted by molar-refractivity contribution is 5.75. The highest BCUT2D eigenvalue weighted by Gasteiger charge is 2.18. The minimum atomic E-state index is -0.282. The Morgan fingerprint density at radius 2 is 1.57 bits per heavy atom. The van der Waals surface area contributed by atoms with Crippen molar-refractivity contribution in [1.82, 2.24) is 5.32 Å². The highest BCUT2D eigenvalue weighted by atomic mass is 16.5. The van der Waals surface area contributed by atoms with Crippen LogP contribution in [0.1, 0.15) is 17.5 Å². The summed E-state index contributed by atoms with van der Waals surface area (Å²) in [4.78, 5) is 11.9. The predicted octanol–water partition coefficient (Wildman–Crippen LogP) is 2.95. The van der Waals surface area contributed by atoms with Crippen LogP contribution < -0.4 is 5.32 Å². The molecule has 0 aromatic heterocycles. The van der Waals surface area contributed by atoms with Crippen molar-refractivity contribution in [2.24, 2.45) is 0 Å². The Balaban J connectivity index is 1.90. The van der Waals surface area contributed by atoms with E-state index in [1.807, 2.05) is 48.5 Å². The maximum atomic E-state index is 11.9. The number of hydrogen-bond acceptors (Lipinski definition) is 3. The zero-order valence-corrected chi connectivity index (χ0v) is 12.3. The predicted molar refractivity (Wildman–Crippen MR) is 83.8 cm³/mol. The number of hydrogen-bond donors (Lipinski definition) is 1. The van der Waals surface area contributed by atoms with Gasteiger partial charge in [0.05, 0.1) is 7.11 Å². The van der Waals surface area contributed by atoms with Crippen LogP contribution in [0.15, 0.2) is 60.7 Å². The minimum absolute atomic E-state index is 0.207. The fourth-order valence-electron chi connectivity index (χ4n) is 2.24. The molecule has 2 aromatic rings. The molecule has 21 heavy (non-hydrogen) atoms. The second kappa shape index (κ2) is 8.22. The van der Waals surface area contributed by atoms with E-state index in [0.29, 0.717) is 6.54 Å². The molecular weight excluding hydrogens is 262 g/mol. The molecule has 2 aromatic carbocycles. The monoisotopic (exact) mass is 283 g/mol. The standard InChI is InChI=1S/C18H21NO2/c1-21-18(20)17(13-12-15-8-4-2-5-9-15)19-14-16-10-6-3-7-11-16/h2-11,17,19H,12-14H2,1H3. The summed E-state index contributed by atoms with van der Waals surface area (Å²) in [7, 11) is 1.43. The third kappa shape index (κ3) is 5.04. The molecule has 1 unspecified atom stereocenters. The van der Waals surface area contributed by atoms with E-state index in [9.17, 15) is 4.79 Å². The van der Waals surface area contributed by atoms with Crippen molar-refractivity contribution in [2.75, 3.05) is 7.11 Å². The molecule has 0 spiro atoms. The van der Waals surface area contributed by atoms with Gasteiger partial charge in [-0.15, -0.1) is 0 Å². The van der Waals surface area contributed by atoms with Crippen molar-refractivity contribution >= 4 is 5.97 Å². The molecule has 0 saturated heterocycles. The van der Waals surface area contributed by atoms with Gasteiger partial charge in [0.1, 0.15) is 6.04 Å². The van der Waals surface area contributed by atoms with Crippen LogP contribution in [0.2, 0.25) is 0 Å². The Labute approximate surface area is 126 Å². The van der Waals surface area contributed by atoms with Crippen LogP contribution in [-0.2, 0) is 22.5 Å². The molecule has 0 heterocycles. The van der Waals surface area contributed by atoms with Gasteiger partial charge < -0.3 is 10.1 Å². The number of carbonyl (C=O) groups is 1. The zero-order chi connectivity index (χ0) is 14.9. The molecule has 0 amide bonds. The lowest BCUT2D eigenvalue weighted by Gasteiger charge is -2.16. The van der Waals surface area contributed by atoms with Gasteiger partial charge in [-0.25, -0.2) is 0 Å². The van der Waals surface area contributed by atoms with Crippen molar-refractivity contribution in [2.45, 2.75) is 25.4 Å². The van der Waals surface area contributed by atoms with Gasteiger partial charge in [-0.2, -0.15) is 0 Å². The Morgan fingerprint density at radius 3 is 2.14 bits per heavy atom. The Kier molecular flexibility index (Phi) is 5.98. The van der Waals surface area contributed by atoms with E-state index in [-0.39, 0.29) is 12.0 Å². The first-order valence-electron chi connectivity index (χ1n) is 7.18. The fraction of sp³-hybridized carbons (Fsp3) is 0.278. The normalized spacial score (nSPS) is 11.9. The molecular formula is C18H21NO2. The first-order chi connectivity index (χ1) is 10.3. The van der Waals surface area contributed by atoms with Crippen LogP contribution in [-0.4, -0.2) is 19.1 Å². The summed E-state index contributed by atoms with van der Waals surface area (Å²) in [6.45, 7) is 0.662. The van der Waals surface area contributed by atoms with Gasteiger partial charge in [0.2, 0.25) is 0 Å². The summed E-state index contributed by atoms with van der Waals surface area (Å²) in [5, 5.41) is 3.28. The number of nitrogens with one attached hydrogen (secondary N) is 1. The van der Waals surface area contributed by atoms with Crippen LogP contribution in [0.5, 0.6) is 0 Å². The van der Waals surface area contributed by atoms with E-state index < -0.39 is 0 Å². The van der Waals surface area contributed by atoms with Crippen LogP contribution in [0.3, 0.4) is 0 Å². The number of esters is 1. The molecule has 1 atom stereocenters. The van der Waals surface area contributed by atoms with Gasteiger partial charge in [-0.05, 0) is 24.0 Å². The summed E-state index contributed by atoms with van der Waals surface area (Å²) in [5.41, 5.74) is 2.39. The number of benzene rings is 2. The third-order valence-electron chi connectivity index (χ3n) is 3.45. The van der Waals surface area contributed by atoms with Crippen molar-refractivity contribution in [1.29, 1.82) is 0 Å². The fourth-order valence-corrected chi connectivity index (χ4v) is 2.24. The van der Waals surface area contributed by atoms with Crippen LogP contribution in [0.4, 0.5) is 0 Å². The maximum Gasteiger partial charge on any atom is 0.322 e. The maximum absolute atomic E-state index is 11.9. The first kappa shape index (κ1) is 15.3. The first-order valence-corrected chi connectivity index (χ1v) is 7.18. The quantitative estimate of drug-likeness (QED) is 0.794. The molecule has 1 N–H and O–H groups in total. The molecule has 0 radical (unpaired) electrons. The Hall–Kier alpha value is -2.13. The van der Waals surface area contributed by atoms with E-state index in [1.165, 1.54) is 12.7 Å². The van der Waals surface area contributed by atoms with E-state index in [4.69, 9.17) is 4.74 Å². The summed E-state index contributed by atoms with van der Waals surface area (Å²) < 4.78 is 4.89. The summed E-state index contributed by atoms with van der Waals surface area (Å²) in [6.07, 6.45) is 1.58. The lowest BCUT2D eigenvalue weighted by molar-refractivity contribution is -0.143. The molecule has 0 bridgehead atoms. The molecule has 0 saturated carbocycles. The third-order valence-corrected chi connectivity index (χ3v) is 3.45. The van der Waals surface area contributed by atoms with Crippen molar-refractivity contribution in [3.05, 3.63) is 71.8 Å². The largest absolute Gasteiger partial charge is 0.468 e. The lowest BCUT2D eigenvalue weighted by atomic mass is 10.0. The molecule has 110 valence electrons. The van der Waals surface area contributed by atoms with Crippen LogP contribution >= 0.6 is 0 Å². The zero-order valence-electron chi connectivity index (χ0n) is 12.3. The van der Waals surface area contributed by atoms with Crippen molar-refractivity contribution in [3.8, 4) is 0 Å². The van der Waals surface area contributed by atoms with Crippen LogP contribution in [0, 0.1) is 0 Å². The minimum Gasteiger partial charge on any atom is -0.468 e. The molecule has 3 nitrogen and oxygen atoms in total. The average Bonchev–Trinajstić information content (AvgIpc) is 2.56. The topological polar surface area (TPSA) is 38.3 Å². The van der Waals surface area contributed by atoms with Gasteiger partial charge in [0.15, 0.2) is 0 Å². The second-order valence-corrected chi connectivity index (χ2v) is 4.97. The van der Waals surface area contributed by atoms with Gasteiger partial charge >= 0.3 is 5.97 Å². The second-order valence-electron chi connectivity index (χ2n) is 4.97. The van der Waals surface area contributed by atoms with E-state index in [2.05, 4.69) is 17.4 Å². The molecule has 3 heteroatoms. The summed E-state index contributed by atoms with van der Waals surface area (Å²) >= 11 is 0. The number of rotatable bonds is 7. The molecule has 0 aliphatic carbocycles. The molecule has 0 aliphatic heterocycles. The molecule has 0 aliphatic rings. The van der Waals surface area contributed by atoms with E-state index >= 15 is 0 Å². The SMILES string of the molecule is COC(=O)C(CCc1ccccc1)NCc1ccccc1. The summed E-state index contributed by atoms with van der Waals surface area (Å²) in [6, 6.07) is 19.9. The molecule has 0 fully saturated rings. The van der Waals surface area contributed by atoms with E-state index in [1.54, 1.807) is 0 Å². The van der Waals surface area contributed by atoms with Crippen molar-refractivity contribution < 1.29 is 9.53 Å².